The number of carbonyl (C=O) groups excluding carboxylic acids is 2. The summed E-state index contributed by atoms with van der Waals surface area (Å²) in [6.45, 7) is 2.54. The maximum atomic E-state index is 13.6. The van der Waals surface area contributed by atoms with Gasteiger partial charge in [0.25, 0.3) is 11.6 Å². The highest BCUT2D eigenvalue weighted by Gasteiger charge is 2.16. The van der Waals surface area contributed by atoms with Crippen molar-refractivity contribution in [3.63, 3.8) is 0 Å². The summed E-state index contributed by atoms with van der Waals surface area (Å²) >= 11 is 0. The van der Waals surface area contributed by atoms with Crippen LogP contribution >= 0.6 is 0 Å². The monoisotopic (exact) mass is 297 g/mol. The molecule has 7 nitrogen and oxygen atoms in total. The Balaban J connectivity index is 2.53. The molecule has 0 fully saturated rings. The van der Waals surface area contributed by atoms with E-state index in [2.05, 4.69) is 10.6 Å². The van der Waals surface area contributed by atoms with Gasteiger partial charge in [0.2, 0.25) is 5.91 Å². The van der Waals surface area contributed by atoms with Crippen molar-refractivity contribution in [3.05, 3.63) is 39.7 Å². The molecule has 0 spiro atoms. The predicted octanol–water partition coefficient (Wildman–Crippen LogP) is 1.38. The molecule has 0 unspecified atom stereocenters. The third-order valence-corrected chi connectivity index (χ3v) is 2.62. The Hall–Kier alpha value is -2.51. The Morgan fingerprint density at radius 3 is 2.57 bits per heavy atom. The van der Waals surface area contributed by atoms with Crippen molar-refractivity contribution in [1.29, 1.82) is 0 Å². The van der Waals surface area contributed by atoms with Crippen LogP contribution in [0.5, 0.6) is 0 Å². The lowest BCUT2D eigenvalue weighted by molar-refractivity contribution is -0.385. The van der Waals surface area contributed by atoms with Crippen LogP contribution in [0, 0.1) is 15.9 Å². The van der Waals surface area contributed by atoms with Crippen molar-refractivity contribution >= 4 is 17.5 Å². The molecule has 0 saturated heterocycles. The lowest BCUT2D eigenvalue weighted by Crippen LogP contribution is -2.31. The number of hydrogen-bond acceptors (Lipinski definition) is 4. The van der Waals surface area contributed by atoms with E-state index in [1.165, 1.54) is 0 Å². The van der Waals surface area contributed by atoms with Crippen LogP contribution < -0.4 is 10.6 Å². The van der Waals surface area contributed by atoms with Crippen LogP contribution in [0.1, 0.15) is 30.1 Å². The molecule has 0 atom stereocenters. The average molecular weight is 297 g/mol. The van der Waals surface area contributed by atoms with Gasteiger partial charge in [0, 0.05) is 25.6 Å². The van der Waals surface area contributed by atoms with Gasteiger partial charge in [-0.05, 0) is 12.5 Å². The molecule has 0 radical (unpaired) electrons. The van der Waals surface area contributed by atoms with E-state index >= 15 is 0 Å². The van der Waals surface area contributed by atoms with Crippen LogP contribution in [0.3, 0.4) is 0 Å². The normalized spacial score (nSPS) is 10.0. The van der Waals surface area contributed by atoms with Crippen molar-refractivity contribution in [2.45, 2.75) is 19.8 Å². The molecule has 0 bridgehead atoms. The number of non-ortho nitro benzene ring substituents is 1. The van der Waals surface area contributed by atoms with Crippen LogP contribution in [0.25, 0.3) is 0 Å². The molecule has 0 aliphatic heterocycles. The minimum absolute atomic E-state index is 0.0603. The highest BCUT2D eigenvalue weighted by Crippen LogP contribution is 2.16. The van der Waals surface area contributed by atoms with E-state index < -0.39 is 22.3 Å². The third-order valence-electron chi connectivity index (χ3n) is 2.62. The first kappa shape index (κ1) is 16.5. The van der Waals surface area contributed by atoms with Gasteiger partial charge in [-0.3, -0.25) is 19.7 Å². The minimum Gasteiger partial charge on any atom is -0.356 e. The standard InChI is InChI=1S/C13H16FN3O4/c1-2-6-15-12(18)5-7-16-13(19)10-4-3-9(17(20)21)8-11(10)14/h3-4,8H,2,5-7H2,1H3,(H,15,18)(H,16,19). The van der Waals surface area contributed by atoms with Crippen molar-refractivity contribution in [2.75, 3.05) is 13.1 Å². The quantitative estimate of drug-likeness (QED) is 0.586. The molecule has 0 aromatic heterocycles. The second kappa shape index (κ2) is 7.93. The van der Waals surface area contributed by atoms with Gasteiger partial charge in [-0.2, -0.15) is 0 Å². The van der Waals surface area contributed by atoms with Crippen LogP contribution in [0.4, 0.5) is 10.1 Å². The van der Waals surface area contributed by atoms with Crippen LogP contribution in [0.15, 0.2) is 18.2 Å². The SMILES string of the molecule is CCCNC(=O)CCNC(=O)c1ccc([N+](=O)[O-])cc1F. The van der Waals surface area contributed by atoms with Crippen molar-refractivity contribution in [1.82, 2.24) is 10.6 Å². The molecule has 2 N–H and O–H groups in total. The number of amides is 2. The molecule has 21 heavy (non-hydrogen) atoms. The van der Waals surface area contributed by atoms with Gasteiger partial charge in [-0.15, -0.1) is 0 Å². The number of carbonyl (C=O) groups is 2. The number of halogens is 1. The van der Waals surface area contributed by atoms with Crippen LogP contribution in [-0.4, -0.2) is 29.8 Å². The number of hydrogen-bond donors (Lipinski definition) is 2. The maximum Gasteiger partial charge on any atom is 0.272 e. The molecular formula is C13H16FN3O4. The van der Waals surface area contributed by atoms with E-state index in [1.54, 1.807) is 0 Å². The molecule has 0 saturated carbocycles. The van der Waals surface area contributed by atoms with E-state index in [-0.39, 0.29) is 24.4 Å². The Labute approximate surface area is 120 Å². The zero-order valence-electron chi connectivity index (χ0n) is 11.5. The lowest BCUT2D eigenvalue weighted by atomic mass is 10.2. The first-order valence-corrected chi connectivity index (χ1v) is 6.44. The highest BCUT2D eigenvalue weighted by molar-refractivity contribution is 5.94. The summed E-state index contributed by atoms with van der Waals surface area (Å²) < 4.78 is 13.6. The molecule has 1 aromatic carbocycles. The van der Waals surface area contributed by atoms with Crippen molar-refractivity contribution in [2.24, 2.45) is 0 Å². The van der Waals surface area contributed by atoms with Crippen molar-refractivity contribution < 1.29 is 18.9 Å². The number of rotatable bonds is 7. The van der Waals surface area contributed by atoms with E-state index in [9.17, 15) is 24.1 Å². The molecular weight excluding hydrogens is 281 g/mol. The zero-order chi connectivity index (χ0) is 15.8. The fourth-order valence-corrected chi connectivity index (χ4v) is 1.54. The number of nitrogens with zero attached hydrogens (tertiary/aromatic N) is 1. The Morgan fingerprint density at radius 1 is 1.29 bits per heavy atom. The number of benzene rings is 1. The second-order valence-electron chi connectivity index (χ2n) is 4.28. The van der Waals surface area contributed by atoms with Crippen molar-refractivity contribution in [3.8, 4) is 0 Å². The second-order valence-corrected chi connectivity index (χ2v) is 4.28. The molecule has 1 aromatic rings. The van der Waals surface area contributed by atoms with Gasteiger partial charge in [0.15, 0.2) is 0 Å². The summed E-state index contributed by atoms with van der Waals surface area (Å²) in [5.41, 5.74) is -0.724. The summed E-state index contributed by atoms with van der Waals surface area (Å²) in [6, 6.07) is 2.77. The summed E-state index contributed by atoms with van der Waals surface area (Å²) in [5, 5.41) is 15.5. The molecule has 0 heterocycles. The van der Waals surface area contributed by atoms with E-state index in [4.69, 9.17) is 0 Å². The Bertz CT molecular complexity index is 548. The molecule has 2 amide bonds. The molecule has 0 aliphatic rings. The highest BCUT2D eigenvalue weighted by atomic mass is 19.1. The van der Waals surface area contributed by atoms with E-state index in [1.807, 2.05) is 6.92 Å². The van der Waals surface area contributed by atoms with Crippen LogP contribution in [-0.2, 0) is 4.79 Å². The largest absolute Gasteiger partial charge is 0.356 e. The van der Waals surface area contributed by atoms with E-state index in [0.29, 0.717) is 12.6 Å². The molecule has 0 aliphatic carbocycles. The summed E-state index contributed by atoms with van der Waals surface area (Å²) in [6.07, 6.45) is 0.895. The number of nitro benzene ring substituents is 1. The Morgan fingerprint density at radius 2 is 2.00 bits per heavy atom. The fourth-order valence-electron chi connectivity index (χ4n) is 1.54. The van der Waals surface area contributed by atoms with Gasteiger partial charge >= 0.3 is 0 Å². The van der Waals surface area contributed by atoms with Gasteiger partial charge < -0.3 is 10.6 Å². The summed E-state index contributed by atoms with van der Waals surface area (Å²) in [5.74, 6) is -1.90. The smallest absolute Gasteiger partial charge is 0.272 e. The van der Waals surface area contributed by atoms with Gasteiger partial charge in [-0.1, -0.05) is 6.92 Å². The van der Waals surface area contributed by atoms with Crippen LogP contribution in [0.2, 0.25) is 0 Å². The van der Waals surface area contributed by atoms with Gasteiger partial charge in [-0.25, -0.2) is 4.39 Å². The summed E-state index contributed by atoms with van der Waals surface area (Å²) in [4.78, 5) is 32.7. The summed E-state index contributed by atoms with van der Waals surface area (Å²) in [7, 11) is 0. The zero-order valence-corrected chi connectivity index (χ0v) is 11.5. The maximum absolute atomic E-state index is 13.6. The fraction of sp³-hybridized carbons (Fsp3) is 0.385. The number of nitro groups is 1. The molecule has 1 rings (SSSR count). The Kier molecular flexibility index (Phi) is 6.25. The molecule has 8 heteroatoms. The third kappa shape index (κ3) is 5.17. The first-order chi connectivity index (χ1) is 9.95. The average Bonchev–Trinajstić information content (AvgIpc) is 2.44. The predicted molar refractivity (Wildman–Crippen MR) is 73.3 cm³/mol. The number of nitrogens with one attached hydrogen (secondary N) is 2. The van der Waals surface area contributed by atoms with Gasteiger partial charge in [0.05, 0.1) is 16.6 Å². The minimum atomic E-state index is -0.975. The topological polar surface area (TPSA) is 101 Å². The first-order valence-electron chi connectivity index (χ1n) is 6.44. The van der Waals surface area contributed by atoms with E-state index in [0.717, 1.165) is 18.6 Å². The van der Waals surface area contributed by atoms with Gasteiger partial charge in [0.1, 0.15) is 5.82 Å². The molecule has 114 valence electrons. The lowest BCUT2D eigenvalue weighted by Gasteiger charge is -2.06.